The van der Waals surface area contributed by atoms with Gasteiger partial charge in [0.25, 0.3) is 5.92 Å². The monoisotopic (exact) mass is 476 g/mol. The van der Waals surface area contributed by atoms with Gasteiger partial charge in [-0.25, -0.2) is 22.4 Å². The van der Waals surface area contributed by atoms with Crippen LogP contribution in [0.5, 0.6) is 5.75 Å². The maximum Gasteiger partial charge on any atom is 0.328 e. The minimum Gasteiger partial charge on any atom is -0.497 e. The molecule has 0 saturated carbocycles. The van der Waals surface area contributed by atoms with E-state index in [1.807, 2.05) is 6.07 Å². The van der Waals surface area contributed by atoms with Crippen LogP contribution in [0.4, 0.5) is 17.6 Å². The molecule has 180 valence electrons. The van der Waals surface area contributed by atoms with Gasteiger partial charge in [-0.15, -0.1) is 0 Å². The molecule has 0 aliphatic carbocycles. The van der Waals surface area contributed by atoms with Crippen molar-refractivity contribution in [2.45, 2.75) is 38.3 Å². The van der Waals surface area contributed by atoms with E-state index in [0.717, 1.165) is 42.2 Å². The summed E-state index contributed by atoms with van der Waals surface area (Å²) in [6.45, 7) is 1.83. The number of carbonyl (C=O) groups is 1. The van der Waals surface area contributed by atoms with Crippen molar-refractivity contribution in [2.75, 3.05) is 13.7 Å². The molecule has 9 heteroatoms. The van der Waals surface area contributed by atoms with Crippen molar-refractivity contribution in [2.24, 2.45) is 0 Å². The fourth-order valence-corrected chi connectivity index (χ4v) is 4.68. The van der Waals surface area contributed by atoms with Crippen LogP contribution in [0.2, 0.25) is 0 Å². The van der Waals surface area contributed by atoms with Crippen molar-refractivity contribution in [3.63, 3.8) is 0 Å². The highest BCUT2D eigenvalue weighted by atomic mass is 19.3. The summed E-state index contributed by atoms with van der Waals surface area (Å²) in [5.41, 5.74) is 1.56. The Morgan fingerprint density at radius 2 is 1.94 bits per heavy atom. The van der Waals surface area contributed by atoms with Gasteiger partial charge in [0.2, 0.25) is 0 Å². The van der Waals surface area contributed by atoms with E-state index in [1.165, 1.54) is 12.0 Å². The predicted molar refractivity (Wildman–Crippen MR) is 120 cm³/mol. The molecule has 0 spiro atoms. The van der Waals surface area contributed by atoms with Crippen LogP contribution in [0.3, 0.4) is 0 Å². The zero-order valence-electron chi connectivity index (χ0n) is 18.8. The number of carboxylic acid groups (broad SMARTS) is 1. The minimum atomic E-state index is -3.10. The maximum absolute atomic E-state index is 15.4. The molecule has 0 amide bonds. The number of aromatic nitrogens is 1. The largest absolute Gasteiger partial charge is 0.497 e. The number of halogens is 4. The highest BCUT2D eigenvalue weighted by Crippen LogP contribution is 2.44. The molecule has 2 aromatic carbocycles. The van der Waals surface area contributed by atoms with Crippen LogP contribution >= 0.6 is 0 Å². The Labute approximate surface area is 193 Å². The summed E-state index contributed by atoms with van der Waals surface area (Å²) in [4.78, 5) is 15.4. The molecule has 34 heavy (non-hydrogen) atoms. The highest BCUT2D eigenvalue weighted by molar-refractivity contribution is 5.87. The van der Waals surface area contributed by atoms with E-state index >= 15 is 8.78 Å². The van der Waals surface area contributed by atoms with Gasteiger partial charge in [-0.05, 0) is 54.8 Å². The normalized spacial score (nSPS) is 19.0. The number of methoxy groups -OCH3 is 1. The van der Waals surface area contributed by atoms with Crippen molar-refractivity contribution in [1.82, 2.24) is 9.88 Å². The fourth-order valence-electron chi connectivity index (χ4n) is 4.68. The number of aromatic amines is 1. The smallest absolute Gasteiger partial charge is 0.328 e. The van der Waals surface area contributed by atoms with Crippen LogP contribution in [0, 0.1) is 11.6 Å². The number of benzene rings is 2. The van der Waals surface area contributed by atoms with Gasteiger partial charge in [-0.3, -0.25) is 4.90 Å². The van der Waals surface area contributed by atoms with Crippen molar-refractivity contribution in [1.29, 1.82) is 0 Å². The van der Waals surface area contributed by atoms with Gasteiger partial charge in [0.15, 0.2) is 0 Å². The van der Waals surface area contributed by atoms with E-state index in [0.29, 0.717) is 23.4 Å². The number of hydrogen-bond acceptors (Lipinski definition) is 3. The molecule has 5 nitrogen and oxygen atoms in total. The van der Waals surface area contributed by atoms with Gasteiger partial charge < -0.3 is 14.8 Å². The molecule has 4 rings (SSSR count). The second-order valence-corrected chi connectivity index (χ2v) is 8.70. The summed E-state index contributed by atoms with van der Waals surface area (Å²) in [5.74, 6) is -5.68. The summed E-state index contributed by atoms with van der Waals surface area (Å²) in [5, 5.41) is 9.63. The van der Waals surface area contributed by atoms with Gasteiger partial charge in [0.1, 0.15) is 17.4 Å². The molecular weight excluding hydrogens is 452 g/mol. The second kappa shape index (κ2) is 8.79. The Kier molecular flexibility index (Phi) is 6.16. The van der Waals surface area contributed by atoms with Gasteiger partial charge in [0.05, 0.1) is 19.7 Å². The number of carboxylic acids is 1. The molecule has 1 aromatic heterocycles. The summed E-state index contributed by atoms with van der Waals surface area (Å²) < 4.78 is 64.3. The molecule has 2 heterocycles. The second-order valence-electron chi connectivity index (χ2n) is 8.70. The van der Waals surface area contributed by atoms with E-state index in [1.54, 1.807) is 19.1 Å². The lowest BCUT2D eigenvalue weighted by atomic mass is 9.87. The van der Waals surface area contributed by atoms with Crippen LogP contribution in [0.25, 0.3) is 17.0 Å². The van der Waals surface area contributed by atoms with E-state index in [9.17, 15) is 13.6 Å². The van der Waals surface area contributed by atoms with E-state index in [2.05, 4.69) is 4.98 Å². The Balaban J connectivity index is 1.93. The Bertz CT molecular complexity index is 1260. The van der Waals surface area contributed by atoms with Gasteiger partial charge >= 0.3 is 5.97 Å². The summed E-state index contributed by atoms with van der Waals surface area (Å²) >= 11 is 0. The van der Waals surface area contributed by atoms with Crippen LogP contribution in [0.15, 0.2) is 36.4 Å². The number of alkyl halides is 2. The highest BCUT2D eigenvalue weighted by Gasteiger charge is 2.42. The molecule has 0 saturated heterocycles. The number of fused-ring (bicyclic) bond motifs is 3. The molecular formula is C25H24F4N2O3. The number of nitrogens with zero attached hydrogens (tertiary/aromatic N) is 1. The maximum atomic E-state index is 15.4. The lowest BCUT2D eigenvalue weighted by Gasteiger charge is -2.42. The Morgan fingerprint density at radius 1 is 1.26 bits per heavy atom. The van der Waals surface area contributed by atoms with E-state index in [4.69, 9.17) is 9.84 Å². The quantitative estimate of drug-likeness (QED) is 0.362. The minimum absolute atomic E-state index is 0.0129. The third kappa shape index (κ3) is 4.52. The van der Waals surface area contributed by atoms with Gasteiger partial charge in [-0.1, -0.05) is 0 Å². The molecule has 0 fully saturated rings. The average Bonchev–Trinajstić information content (AvgIpc) is 3.10. The molecule has 2 atom stereocenters. The Morgan fingerprint density at radius 3 is 2.53 bits per heavy atom. The predicted octanol–water partition coefficient (Wildman–Crippen LogP) is 5.54. The SMILES string of the molecule is COc1ccc2c3c([nH]c2c1)C(c1c(F)cc(/C=C/C(=O)O)cc1F)N(CC(C)(F)F)C(C)C3. The van der Waals surface area contributed by atoms with Crippen molar-refractivity contribution in [3.8, 4) is 5.75 Å². The molecule has 0 bridgehead atoms. The zero-order valence-corrected chi connectivity index (χ0v) is 18.8. The van der Waals surface area contributed by atoms with E-state index in [-0.39, 0.29) is 11.1 Å². The third-order valence-corrected chi connectivity index (χ3v) is 6.07. The first-order valence-corrected chi connectivity index (χ1v) is 10.7. The molecule has 2 unspecified atom stereocenters. The van der Waals surface area contributed by atoms with E-state index < -0.39 is 42.2 Å². The number of rotatable bonds is 6. The van der Waals surface area contributed by atoms with Crippen LogP contribution in [-0.2, 0) is 11.2 Å². The summed E-state index contributed by atoms with van der Waals surface area (Å²) in [7, 11) is 1.52. The first-order chi connectivity index (χ1) is 16.0. The number of H-pyrrole nitrogens is 1. The summed E-state index contributed by atoms with van der Waals surface area (Å²) in [6, 6.07) is 5.79. The standard InChI is InChI=1S/C25H24F4N2O3/c1-13-8-17-16-6-5-15(34-3)11-20(16)30-23(17)24(31(13)12-25(2,28)29)22-18(26)9-14(10-19(22)27)4-7-21(32)33/h4-7,9-11,13,24,30H,8,12H2,1-3H3,(H,32,33)/b7-4+. The average molecular weight is 476 g/mol. The molecule has 1 aliphatic rings. The van der Waals surface area contributed by atoms with Crippen LogP contribution < -0.4 is 4.74 Å². The van der Waals surface area contributed by atoms with Crippen molar-refractivity contribution < 1.29 is 32.2 Å². The molecule has 1 aliphatic heterocycles. The van der Waals surface area contributed by atoms with Crippen molar-refractivity contribution >= 4 is 22.9 Å². The fraction of sp³-hybridized carbons (Fsp3) is 0.320. The molecule has 3 aromatic rings. The number of ether oxygens (including phenoxy) is 1. The zero-order chi connectivity index (χ0) is 24.8. The van der Waals surface area contributed by atoms with Crippen LogP contribution in [-0.4, -0.2) is 46.6 Å². The van der Waals surface area contributed by atoms with Crippen LogP contribution in [0.1, 0.15) is 42.3 Å². The first kappa shape index (κ1) is 23.8. The number of nitrogens with one attached hydrogen (secondary N) is 1. The van der Waals surface area contributed by atoms with Gasteiger partial charge in [0, 0.05) is 47.3 Å². The third-order valence-electron chi connectivity index (χ3n) is 6.07. The lowest BCUT2D eigenvalue weighted by molar-refractivity contribution is -0.131. The first-order valence-electron chi connectivity index (χ1n) is 10.7. The Hall–Kier alpha value is -3.33. The van der Waals surface area contributed by atoms with Gasteiger partial charge in [-0.2, -0.15) is 0 Å². The number of aliphatic carboxylic acids is 1. The molecule has 2 N–H and O–H groups in total. The molecule has 0 radical (unpaired) electrons. The number of hydrogen-bond donors (Lipinski definition) is 2. The lowest BCUT2D eigenvalue weighted by Crippen LogP contribution is -2.47. The summed E-state index contributed by atoms with van der Waals surface area (Å²) in [6.07, 6.45) is 2.25. The topological polar surface area (TPSA) is 65.6 Å². The van der Waals surface area contributed by atoms with Crippen molar-refractivity contribution in [3.05, 3.63) is 70.4 Å².